The predicted molar refractivity (Wildman–Crippen MR) is 68.0 cm³/mol. The molecule has 0 unspecified atom stereocenters. The van der Waals surface area contributed by atoms with E-state index in [1.807, 2.05) is 0 Å². The zero-order valence-electron chi connectivity index (χ0n) is 9.24. The van der Waals surface area contributed by atoms with E-state index in [0.717, 1.165) is 0 Å². The van der Waals surface area contributed by atoms with Crippen LogP contribution >= 0.6 is 10.7 Å². The summed E-state index contributed by atoms with van der Waals surface area (Å²) in [4.78, 5) is 0. The van der Waals surface area contributed by atoms with Crippen molar-refractivity contribution in [3.8, 4) is 5.75 Å². The van der Waals surface area contributed by atoms with Crippen molar-refractivity contribution in [2.24, 2.45) is 0 Å². The van der Waals surface area contributed by atoms with E-state index in [4.69, 9.17) is 15.4 Å². The van der Waals surface area contributed by atoms with Crippen molar-refractivity contribution in [1.29, 1.82) is 0 Å². The van der Waals surface area contributed by atoms with Gasteiger partial charge in [0.1, 0.15) is 11.9 Å². The Kier molecular flexibility index (Phi) is 3.57. The number of sulfone groups is 1. The van der Waals surface area contributed by atoms with Gasteiger partial charge in [-0.1, -0.05) is 18.2 Å². The summed E-state index contributed by atoms with van der Waals surface area (Å²) in [7, 11) is -1.45. The molecule has 1 aromatic rings. The molecule has 0 aliphatic carbocycles. The average Bonchev–Trinajstić information content (AvgIpc) is 2.16. The number of halogens is 1. The molecule has 1 saturated heterocycles. The Morgan fingerprint density at radius 1 is 1.28 bits per heavy atom. The lowest BCUT2D eigenvalue weighted by atomic mass is 10.2. The first-order valence-corrected chi connectivity index (χ1v) is 9.42. The van der Waals surface area contributed by atoms with Crippen molar-refractivity contribution in [3.05, 3.63) is 29.8 Å². The van der Waals surface area contributed by atoms with Crippen LogP contribution in [-0.2, 0) is 24.6 Å². The fourth-order valence-electron chi connectivity index (χ4n) is 1.69. The zero-order valence-corrected chi connectivity index (χ0v) is 11.6. The van der Waals surface area contributed by atoms with Crippen molar-refractivity contribution in [2.75, 3.05) is 11.5 Å². The van der Waals surface area contributed by atoms with Crippen LogP contribution in [0.5, 0.6) is 5.75 Å². The summed E-state index contributed by atoms with van der Waals surface area (Å²) < 4.78 is 49.5. The van der Waals surface area contributed by atoms with Gasteiger partial charge in [-0.3, -0.25) is 0 Å². The van der Waals surface area contributed by atoms with Crippen LogP contribution in [0.2, 0.25) is 0 Å². The summed E-state index contributed by atoms with van der Waals surface area (Å²) >= 11 is 0. The first-order valence-electron chi connectivity index (χ1n) is 5.12. The highest BCUT2D eigenvalue weighted by atomic mass is 35.7. The Morgan fingerprint density at radius 2 is 1.89 bits per heavy atom. The molecule has 0 aromatic heterocycles. The van der Waals surface area contributed by atoms with E-state index >= 15 is 0 Å². The monoisotopic (exact) mass is 310 g/mol. The minimum absolute atomic E-state index is 0.0328. The minimum atomic E-state index is -3.67. The van der Waals surface area contributed by atoms with E-state index in [1.54, 1.807) is 24.3 Å². The second-order valence-electron chi connectivity index (χ2n) is 4.11. The molecule has 100 valence electrons. The van der Waals surface area contributed by atoms with Gasteiger partial charge in [0.25, 0.3) is 0 Å². The molecule has 5 nitrogen and oxygen atoms in total. The first-order chi connectivity index (χ1) is 8.25. The molecular formula is C10H11ClO5S2. The van der Waals surface area contributed by atoms with E-state index in [-0.39, 0.29) is 17.3 Å². The molecule has 1 aliphatic heterocycles. The number of rotatable bonds is 4. The standard InChI is InChI=1S/C10H11ClO5S2/c11-18(14,15)5-8-3-1-2-4-10(8)16-9-6-17(12,13)7-9/h1-4,9H,5-7H2. The number of hydrogen-bond acceptors (Lipinski definition) is 5. The maximum Gasteiger partial charge on any atom is 0.236 e. The molecule has 0 saturated carbocycles. The highest BCUT2D eigenvalue weighted by Gasteiger charge is 2.35. The van der Waals surface area contributed by atoms with Gasteiger partial charge in [-0.15, -0.1) is 0 Å². The van der Waals surface area contributed by atoms with E-state index in [0.29, 0.717) is 11.3 Å². The molecule has 0 radical (unpaired) electrons. The van der Waals surface area contributed by atoms with Crippen molar-refractivity contribution >= 4 is 29.6 Å². The molecule has 0 spiro atoms. The Labute approximate surface area is 110 Å². The van der Waals surface area contributed by atoms with Gasteiger partial charge >= 0.3 is 0 Å². The number of benzene rings is 1. The predicted octanol–water partition coefficient (Wildman–Crippen LogP) is 0.931. The SMILES string of the molecule is O=S(=O)(Cl)Cc1ccccc1OC1CS(=O)(=O)C1. The Morgan fingerprint density at radius 3 is 2.44 bits per heavy atom. The quantitative estimate of drug-likeness (QED) is 0.773. The number of hydrogen-bond donors (Lipinski definition) is 0. The summed E-state index contributed by atoms with van der Waals surface area (Å²) in [5, 5.41) is 0. The molecule has 18 heavy (non-hydrogen) atoms. The van der Waals surface area contributed by atoms with Crippen LogP contribution in [0.4, 0.5) is 0 Å². The Balaban J connectivity index is 2.13. The third-order valence-electron chi connectivity index (χ3n) is 2.47. The van der Waals surface area contributed by atoms with Crippen LogP contribution in [-0.4, -0.2) is 34.4 Å². The Hall–Kier alpha value is -0.790. The molecule has 0 bridgehead atoms. The van der Waals surface area contributed by atoms with Gasteiger partial charge in [-0.2, -0.15) is 0 Å². The van der Waals surface area contributed by atoms with Crippen LogP contribution in [0.15, 0.2) is 24.3 Å². The van der Waals surface area contributed by atoms with Crippen molar-refractivity contribution in [1.82, 2.24) is 0 Å². The van der Waals surface area contributed by atoms with Gasteiger partial charge in [-0.25, -0.2) is 16.8 Å². The minimum Gasteiger partial charge on any atom is -0.488 e. The largest absolute Gasteiger partial charge is 0.488 e. The molecule has 1 aliphatic rings. The molecule has 8 heteroatoms. The third-order valence-corrected chi connectivity index (χ3v) is 5.22. The highest BCUT2D eigenvalue weighted by molar-refractivity contribution is 8.13. The molecule has 0 atom stereocenters. The number of ether oxygens (including phenoxy) is 1. The summed E-state index contributed by atoms with van der Waals surface area (Å²) in [6.07, 6.45) is -0.408. The topological polar surface area (TPSA) is 77.5 Å². The van der Waals surface area contributed by atoms with E-state index in [1.165, 1.54) is 0 Å². The van der Waals surface area contributed by atoms with Gasteiger partial charge in [0, 0.05) is 16.2 Å². The maximum absolute atomic E-state index is 11.0. The lowest BCUT2D eigenvalue weighted by Crippen LogP contribution is -2.45. The molecular weight excluding hydrogens is 300 g/mol. The van der Waals surface area contributed by atoms with Crippen LogP contribution in [0.1, 0.15) is 5.56 Å². The number of para-hydroxylation sites is 1. The highest BCUT2D eigenvalue weighted by Crippen LogP contribution is 2.25. The lowest BCUT2D eigenvalue weighted by molar-refractivity contribution is 0.228. The van der Waals surface area contributed by atoms with Crippen LogP contribution in [0, 0.1) is 0 Å². The van der Waals surface area contributed by atoms with Crippen LogP contribution < -0.4 is 4.74 Å². The Bertz CT molecular complexity index is 639. The van der Waals surface area contributed by atoms with Gasteiger partial charge in [0.15, 0.2) is 9.84 Å². The maximum atomic E-state index is 11.0. The fourth-order valence-corrected chi connectivity index (χ4v) is 3.82. The molecule has 0 N–H and O–H groups in total. The summed E-state index contributed by atoms with van der Waals surface area (Å²) in [6.45, 7) is 0. The van der Waals surface area contributed by atoms with Gasteiger partial charge < -0.3 is 4.74 Å². The molecule has 1 aromatic carbocycles. The molecule has 1 heterocycles. The van der Waals surface area contributed by atoms with Crippen LogP contribution in [0.3, 0.4) is 0 Å². The fraction of sp³-hybridized carbons (Fsp3) is 0.400. The zero-order chi connectivity index (χ0) is 13.4. The smallest absolute Gasteiger partial charge is 0.236 e. The van der Waals surface area contributed by atoms with Gasteiger partial charge in [0.2, 0.25) is 9.05 Å². The second-order valence-corrected chi connectivity index (χ2v) is 9.04. The molecule has 1 fully saturated rings. The molecule has 0 amide bonds. The van der Waals surface area contributed by atoms with Crippen molar-refractivity contribution in [3.63, 3.8) is 0 Å². The van der Waals surface area contributed by atoms with Gasteiger partial charge in [0.05, 0.1) is 17.3 Å². The van der Waals surface area contributed by atoms with Crippen molar-refractivity contribution in [2.45, 2.75) is 11.9 Å². The summed E-state index contributed by atoms with van der Waals surface area (Å²) in [6, 6.07) is 6.54. The first kappa shape index (κ1) is 13.6. The van der Waals surface area contributed by atoms with Crippen LogP contribution in [0.25, 0.3) is 0 Å². The molecule has 2 rings (SSSR count). The summed E-state index contributed by atoms with van der Waals surface area (Å²) in [5.74, 6) is -0.0460. The summed E-state index contributed by atoms with van der Waals surface area (Å²) in [5.41, 5.74) is 0.428. The average molecular weight is 311 g/mol. The normalized spacial score (nSPS) is 19.2. The van der Waals surface area contributed by atoms with E-state index in [2.05, 4.69) is 0 Å². The van der Waals surface area contributed by atoms with E-state index in [9.17, 15) is 16.8 Å². The lowest BCUT2D eigenvalue weighted by Gasteiger charge is -2.27. The van der Waals surface area contributed by atoms with Gasteiger partial charge in [-0.05, 0) is 6.07 Å². The van der Waals surface area contributed by atoms with E-state index < -0.39 is 25.0 Å². The van der Waals surface area contributed by atoms with Crippen molar-refractivity contribution < 1.29 is 21.6 Å². The second kappa shape index (κ2) is 4.71. The third kappa shape index (κ3) is 3.60.